The number of nitrogens with two attached hydrogens (primary N) is 1. The molecule has 0 saturated carbocycles. The maximum atomic E-state index is 13.5. The number of hydrogen-bond donors (Lipinski definition) is 2. The molecular formula is C23H23F2N7O. The Morgan fingerprint density at radius 3 is 2.55 bits per heavy atom. The number of nitriles is 1. The van der Waals surface area contributed by atoms with Gasteiger partial charge in [-0.1, -0.05) is 0 Å². The molecule has 3 N–H and O–H groups in total. The molecule has 3 heterocycles. The zero-order chi connectivity index (χ0) is 23.4. The van der Waals surface area contributed by atoms with Crippen LogP contribution in [0.5, 0.6) is 0 Å². The van der Waals surface area contributed by atoms with Gasteiger partial charge < -0.3 is 11.1 Å². The fourth-order valence-corrected chi connectivity index (χ4v) is 4.12. The van der Waals surface area contributed by atoms with Gasteiger partial charge in [0.15, 0.2) is 5.82 Å². The van der Waals surface area contributed by atoms with Crippen LogP contribution in [0.4, 0.5) is 20.3 Å². The van der Waals surface area contributed by atoms with Crippen molar-refractivity contribution >= 4 is 17.4 Å². The summed E-state index contributed by atoms with van der Waals surface area (Å²) in [6, 6.07) is 9.36. The van der Waals surface area contributed by atoms with Gasteiger partial charge in [0.1, 0.15) is 17.2 Å². The number of amides is 1. The van der Waals surface area contributed by atoms with Gasteiger partial charge in [0.05, 0.1) is 24.2 Å². The van der Waals surface area contributed by atoms with E-state index in [1.165, 1.54) is 36.5 Å². The first-order valence-electron chi connectivity index (χ1n) is 10.5. The van der Waals surface area contributed by atoms with Crippen LogP contribution in [0.2, 0.25) is 0 Å². The molecule has 0 spiro atoms. The molecule has 1 saturated heterocycles. The minimum absolute atomic E-state index is 0.185. The quantitative estimate of drug-likeness (QED) is 0.570. The van der Waals surface area contributed by atoms with E-state index in [1.807, 2.05) is 0 Å². The molecule has 0 unspecified atom stereocenters. The molecule has 33 heavy (non-hydrogen) atoms. The lowest BCUT2D eigenvalue weighted by Gasteiger charge is -2.40. The van der Waals surface area contributed by atoms with Crippen molar-refractivity contribution < 1.29 is 13.6 Å². The second-order valence-electron chi connectivity index (χ2n) is 8.18. The second kappa shape index (κ2) is 9.34. The molecule has 8 nitrogen and oxygen atoms in total. The van der Waals surface area contributed by atoms with Crippen molar-refractivity contribution in [1.29, 1.82) is 5.26 Å². The van der Waals surface area contributed by atoms with Crippen molar-refractivity contribution in [2.24, 2.45) is 5.73 Å². The molecule has 0 atom stereocenters. The Morgan fingerprint density at radius 2 is 1.91 bits per heavy atom. The number of nitrogens with one attached hydrogen (secondary N) is 1. The van der Waals surface area contributed by atoms with Crippen molar-refractivity contribution in [3.8, 4) is 6.07 Å². The highest BCUT2D eigenvalue weighted by Crippen LogP contribution is 2.35. The van der Waals surface area contributed by atoms with Gasteiger partial charge >= 0.3 is 0 Å². The molecule has 1 aromatic carbocycles. The van der Waals surface area contributed by atoms with Gasteiger partial charge in [-0.05, 0) is 48.7 Å². The maximum Gasteiger partial charge on any atom is 0.254 e. The number of pyridine rings is 1. The zero-order valence-corrected chi connectivity index (χ0v) is 17.8. The second-order valence-corrected chi connectivity index (χ2v) is 8.18. The van der Waals surface area contributed by atoms with Crippen LogP contribution in [0.1, 0.15) is 35.2 Å². The summed E-state index contributed by atoms with van der Waals surface area (Å²) in [4.78, 5) is 18.1. The number of hydrogen-bond acceptors (Lipinski definition) is 6. The number of rotatable bonds is 7. The predicted octanol–water partition coefficient (Wildman–Crippen LogP) is 3.30. The lowest BCUT2D eigenvalue weighted by molar-refractivity contribution is 0.0966. The summed E-state index contributed by atoms with van der Waals surface area (Å²) in [5, 5.41) is 17.1. The third-order valence-corrected chi connectivity index (χ3v) is 5.94. The number of primary amides is 1. The Bertz CT molecular complexity index is 1180. The summed E-state index contributed by atoms with van der Waals surface area (Å²) in [7, 11) is 0. The highest BCUT2D eigenvalue weighted by molar-refractivity contribution is 5.98. The number of benzene rings is 1. The molecule has 0 aliphatic carbocycles. The maximum absolute atomic E-state index is 13.5. The molecule has 170 valence electrons. The molecular weight excluding hydrogens is 428 g/mol. The number of piperidine rings is 1. The van der Waals surface area contributed by atoms with Crippen LogP contribution >= 0.6 is 0 Å². The number of likely N-dealkylation sites (tertiary alicyclic amines) is 1. The first kappa shape index (κ1) is 22.4. The van der Waals surface area contributed by atoms with Crippen LogP contribution in [0, 0.1) is 23.0 Å². The lowest BCUT2D eigenvalue weighted by atomic mass is 9.84. The van der Waals surface area contributed by atoms with E-state index in [4.69, 9.17) is 5.73 Å². The van der Waals surface area contributed by atoms with Crippen molar-refractivity contribution in [3.05, 3.63) is 71.7 Å². The minimum Gasteiger partial charge on any atom is -0.365 e. The standard InChI is InChI=1S/C23H23F2N7O/c24-17-1-3-19(4-2-17)29-22-20(21(27)33)15-32(30-22)23(5-8-26)6-9-31(10-7-23)14-16-11-18(25)13-28-12-16/h1-4,11-13,15H,5-7,9-10,14H2,(H2,27,33)(H,29,30). The molecule has 4 rings (SSSR count). The highest BCUT2D eigenvalue weighted by atomic mass is 19.1. The molecule has 1 aliphatic heterocycles. The molecule has 1 aliphatic rings. The highest BCUT2D eigenvalue weighted by Gasteiger charge is 2.38. The summed E-state index contributed by atoms with van der Waals surface area (Å²) in [5.41, 5.74) is 6.48. The third kappa shape index (κ3) is 4.99. The van der Waals surface area contributed by atoms with Gasteiger partial charge in [0.2, 0.25) is 0 Å². The molecule has 10 heteroatoms. The van der Waals surface area contributed by atoms with Gasteiger partial charge in [0, 0.05) is 37.7 Å². The fraction of sp³-hybridized carbons (Fsp3) is 0.304. The monoisotopic (exact) mass is 451 g/mol. The van der Waals surface area contributed by atoms with Gasteiger partial charge in [-0.3, -0.25) is 19.4 Å². The van der Waals surface area contributed by atoms with E-state index in [0.717, 1.165) is 5.56 Å². The average Bonchev–Trinajstić information content (AvgIpc) is 3.22. The van der Waals surface area contributed by atoms with Gasteiger partial charge in [-0.25, -0.2) is 8.78 Å². The molecule has 3 aromatic rings. The summed E-state index contributed by atoms with van der Waals surface area (Å²) >= 11 is 0. The summed E-state index contributed by atoms with van der Waals surface area (Å²) in [6.07, 6.45) is 5.80. The summed E-state index contributed by atoms with van der Waals surface area (Å²) < 4.78 is 28.3. The van der Waals surface area contributed by atoms with E-state index >= 15 is 0 Å². The van der Waals surface area contributed by atoms with E-state index < -0.39 is 11.4 Å². The number of carbonyl (C=O) groups excluding carboxylic acids is 1. The molecule has 0 radical (unpaired) electrons. The topological polar surface area (TPSA) is 113 Å². The summed E-state index contributed by atoms with van der Waals surface area (Å²) in [5.74, 6) is -1.16. The number of carbonyl (C=O) groups is 1. The van der Waals surface area contributed by atoms with E-state index in [-0.39, 0.29) is 29.4 Å². The van der Waals surface area contributed by atoms with Crippen LogP contribution in [0.25, 0.3) is 0 Å². The normalized spacial score (nSPS) is 15.7. The van der Waals surface area contributed by atoms with Crippen LogP contribution in [-0.2, 0) is 12.1 Å². The molecule has 1 fully saturated rings. The Morgan fingerprint density at radius 1 is 1.18 bits per heavy atom. The Kier molecular flexibility index (Phi) is 6.33. The first-order chi connectivity index (χ1) is 15.9. The van der Waals surface area contributed by atoms with E-state index in [2.05, 4.69) is 26.4 Å². The Hall–Kier alpha value is -3.84. The van der Waals surface area contributed by atoms with Crippen molar-refractivity contribution in [1.82, 2.24) is 19.7 Å². The summed E-state index contributed by atoms with van der Waals surface area (Å²) in [6.45, 7) is 1.87. The van der Waals surface area contributed by atoms with E-state index in [0.29, 0.717) is 38.2 Å². The largest absolute Gasteiger partial charge is 0.365 e. The third-order valence-electron chi connectivity index (χ3n) is 5.94. The predicted molar refractivity (Wildman–Crippen MR) is 117 cm³/mol. The first-order valence-corrected chi connectivity index (χ1v) is 10.5. The van der Waals surface area contributed by atoms with Crippen molar-refractivity contribution in [2.45, 2.75) is 31.3 Å². The average molecular weight is 451 g/mol. The lowest BCUT2D eigenvalue weighted by Crippen LogP contribution is -2.46. The van der Waals surface area contributed by atoms with Crippen LogP contribution in [0.3, 0.4) is 0 Å². The van der Waals surface area contributed by atoms with E-state index in [9.17, 15) is 18.8 Å². The van der Waals surface area contributed by atoms with Crippen LogP contribution in [-0.4, -0.2) is 38.7 Å². The fourth-order valence-electron chi connectivity index (χ4n) is 4.12. The van der Waals surface area contributed by atoms with Gasteiger partial charge in [-0.2, -0.15) is 10.4 Å². The number of halogens is 2. The number of nitrogens with zero attached hydrogens (tertiary/aromatic N) is 5. The molecule has 2 aromatic heterocycles. The SMILES string of the molecule is N#CCC1(n2cc(C(N)=O)c(Nc3ccc(F)cc3)n2)CCN(Cc2cncc(F)c2)CC1. The van der Waals surface area contributed by atoms with Crippen LogP contribution < -0.4 is 11.1 Å². The van der Waals surface area contributed by atoms with Crippen LogP contribution in [0.15, 0.2) is 48.9 Å². The molecule has 0 bridgehead atoms. The minimum atomic E-state index is -0.658. The van der Waals surface area contributed by atoms with Crippen molar-refractivity contribution in [2.75, 3.05) is 18.4 Å². The van der Waals surface area contributed by atoms with Crippen molar-refractivity contribution in [3.63, 3.8) is 0 Å². The van der Waals surface area contributed by atoms with Gasteiger partial charge in [-0.15, -0.1) is 0 Å². The van der Waals surface area contributed by atoms with E-state index in [1.54, 1.807) is 17.1 Å². The molecule has 1 amide bonds. The van der Waals surface area contributed by atoms with Gasteiger partial charge in [0.25, 0.3) is 5.91 Å². The Balaban J connectivity index is 1.55. The Labute approximate surface area is 189 Å². The smallest absolute Gasteiger partial charge is 0.254 e. The zero-order valence-electron chi connectivity index (χ0n) is 17.8. The number of aromatic nitrogens is 3. The number of anilines is 2.